The number of hydrogen-bond acceptors (Lipinski definition) is 4. The number of esters is 1. The number of carbonyl (C=O) groups is 2. The average Bonchev–Trinajstić information content (AvgIpc) is 3.05. The second kappa shape index (κ2) is 8.14. The predicted molar refractivity (Wildman–Crippen MR) is 89.4 cm³/mol. The molecule has 2 aromatic rings. The maximum Gasteiger partial charge on any atom is 0.355 e. The van der Waals surface area contributed by atoms with Gasteiger partial charge in [0.15, 0.2) is 0 Å². The second-order valence-electron chi connectivity index (χ2n) is 4.39. The fourth-order valence-electron chi connectivity index (χ4n) is 1.71. The van der Waals surface area contributed by atoms with E-state index in [0.29, 0.717) is 15.8 Å². The molecule has 0 aliphatic rings. The van der Waals surface area contributed by atoms with Crippen molar-refractivity contribution in [2.45, 2.75) is 0 Å². The second-order valence-corrected chi connectivity index (χ2v) is 5.25. The molecule has 0 unspecified atom stereocenters. The normalized spacial score (nSPS) is 10.9. The van der Waals surface area contributed by atoms with Gasteiger partial charge in [0.1, 0.15) is 18.1 Å². The summed E-state index contributed by atoms with van der Waals surface area (Å²) in [6, 6.07) is 10.2. The van der Waals surface area contributed by atoms with Gasteiger partial charge < -0.3 is 14.5 Å². The standard InChI is InChI=1S/C17H14BrNO4/c1-2-9-23-17(21)15(11-12-6-5-10-22-12)19-16(20)13-7-3-4-8-14(13)18/h2-8,10-11H,1,9H2,(H,19,20). The molecule has 1 N–H and O–H groups in total. The Morgan fingerprint density at radius 1 is 1.26 bits per heavy atom. The Hall–Kier alpha value is -2.60. The maximum atomic E-state index is 12.3. The van der Waals surface area contributed by atoms with E-state index in [0.717, 1.165) is 0 Å². The van der Waals surface area contributed by atoms with Gasteiger partial charge in [-0.05, 0) is 40.2 Å². The lowest BCUT2D eigenvalue weighted by atomic mass is 10.2. The Morgan fingerprint density at radius 2 is 2.04 bits per heavy atom. The van der Waals surface area contributed by atoms with E-state index in [2.05, 4.69) is 27.8 Å². The summed E-state index contributed by atoms with van der Waals surface area (Å²) in [6.45, 7) is 3.52. The van der Waals surface area contributed by atoms with Crippen molar-refractivity contribution in [2.24, 2.45) is 0 Å². The van der Waals surface area contributed by atoms with Crippen molar-refractivity contribution in [1.82, 2.24) is 5.32 Å². The number of benzene rings is 1. The first-order valence-electron chi connectivity index (χ1n) is 6.71. The molecule has 0 bridgehead atoms. The molecule has 1 heterocycles. The molecular formula is C17H14BrNO4. The van der Waals surface area contributed by atoms with Crippen LogP contribution in [0.15, 0.2) is 69.9 Å². The lowest BCUT2D eigenvalue weighted by Gasteiger charge is -2.10. The van der Waals surface area contributed by atoms with Gasteiger partial charge in [0.05, 0.1) is 11.8 Å². The predicted octanol–water partition coefficient (Wildman–Crippen LogP) is 3.54. The highest BCUT2D eigenvalue weighted by molar-refractivity contribution is 9.10. The van der Waals surface area contributed by atoms with Crippen molar-refractivity contribution < 1.29 is 18.7 Å². The van der Waals surface area contributed by atoms with E-state index in [9.17, 15) is 9.59 Å². The first-order chi connectivity index (χ1) is 11.1. The molecule has 118 valence electrons. The highest BCUT2D eigenvalue weighted by Gasteiger charge is 2.17. The summed E-state index contributed by atoms with van der Waals surface area (Å²) in [5.41, 5.74) is 0.372. The number of carbonyl (C=O) groups excluding carboxylic acids is 2. The van der Waals surface area contributed by atoms with Crippen LogP contribution in [0, 0.1) is 0 Å². The molecule has 0 atom stereocenters. The lowest BCUT2D eigenvalue weighted by Crippen LogP contribution is -2.28. The molecule has 6 heteroatoms. The zero-order chi connectivity index (χ0) is 16.7. The molecule has 0 saturated heterocycles. The van der Waals surface area contributed by atoms with Gasteiger partial charge in [-0.1, -0.05) is 24.8 Å². The topological polar surface area (TPSA) is 68.5 Å². The van der Waals surface area contributed by atoms with Crippen LogP contribution in [-0.2, 0) is 9.53 Å². The van der Waals surface area contributed by atoms with E-state index in [1.807, 2.05) is 0 Å². The number of hydrogen-bond donors (Lipinski definition) is 1. The quantitative estimate of drug-likeness (QED) is 0.476. The number of ether oxygens (including phenoxy) is 1. The zero-order valence-electron chi connectivity index (χ0n) is 12.1. The molecule has 1 aromatic carbocycles. The summed E-state index contributed by atoms with van der Waals surface area (Å²) >= 11 is 3.30. The minimum atomic E-state index is -0.679. The average molecular weight is 376 g/mol. The molecule has 0 aliphatic carbocycles. The van der Waals surface area contributed by atoms with Crippen LogP contribution in [0.5, 0.6) is 0 Å². The van der Waals surface area contributed by atoms with Gasteiger partial charge in [-0.15, -0.1) is 0 Å². The summed E-state index contributed by atoms with van der Waals surface area (Å²) in [4.78, 5) is 24.4. The van der Waals surface area contributed by atoms with Gasteiger partial charge in [-0.3, -0.25) is 4.79 Å². The van der Waals surface area contributed by atoms with Gasteiger partial charge >= 0.3 is 5.97 Å². The highest BCUT2D eigenvalue weighted by atomic mass is 79.9. The molecule has 1 aromatic heterocycles. The maximum absolute atomic E-state index is 12.3. The minimum Gasteiger partial charge on any atom is -0.465 e. The van der Waals surface area contributed by atoms with Crippen LogP contribution in [-0.4, -0.2) is 18.5 Å². The van der Waals surface area contributed by atoms with Crippen LogP contribution in [0.25, 0.3) is 6.08 Å². The summed E-state index contributed by atoms with van der Waals surface area (Å²) in [5.74, 6) is -0.699. The Bertz CT molecular complexity index is 735. The van der Waals surface area contributed by atoms with Crippen molar-refractivity contribution in [3.05, 3.63) is 76.8 Å². The van der Waals surface area contributed by atoms with Crippen molar-refractivity contribution in [3.63, 3.8) is 0 Å². The van der Waals surface area contributed by atoms with Crippen LogP contribution in [0.3, 0.4) is 0 Å². The highest BCUT2D eigenvalue weighted by Crippen LogP contribution is 2.16. The third-order valence-electron chi connectivity index (χ3n) is 2.75. The third kappa shape index (κ3) is 4.69. The third-order valence-corrected chi connectivity index (χ3v) is 3.44. The number of amides is 1. The van der Waals surface area contributed by atoms with E-state index in [4.69, 9.17) is 9.15 Å². The van der Waals surface area contributed by atoms with Crippen LogP contribution in [0.1, 0.15) is 16.1 Å². The van der Waals surface area contributed by atoms with Crippen molar-refractivity contribution in [3.8, 4) is 0 Å². The van der Waals surface area contributed by atoms with E-state index in [-0.39, 0.29) is 12.3 Å². The molecule has 0 saturated carbocycles. The van der Waals surface area contributed by atoms with Crippen LogP contribution in [0.2, 0.25) is 0 Å². The van der Waals surface area contributed by atoms with Crippen molar-refractivity contribution in [1.29, 1.82) is 0 Å². The van der Waals surface area contributed by atoms with E-state index >= 15 is 0 Å². The van der Waals surface area contributed by atoms with Gasteiger partial charge in [0, 0.05) is 10.5 Å². The molecule has 0 fully saturated rings. The van der Waals surface area contributed by atoms with Crippen LogP contribution < -0.4 is 5.32 Å². The molecule has 23 heavy (non-hydrogen) atoms. The fraction of sp³-hybridized carbons (Fsp3) is 0.0588. The van der Waals surface area contributed by atoms with E-state index in [1.54, 1.807) is 36.4 Å². The molecule has 2 rings (SSSR count). The lowest BCUT2D eigenvalue weighted by molar-refractivity contribution is -0.138. The SMILES string of the molecule is C=CCOC(=O)C(=Cc1ccco1)NC(=O)c1ccccc1Br. The van der Waals surface area contributed by atoms with Crippen molar-refractivity contribution >= 4 is 33.9 Å². The van der Waals surface area contributed by atoms with Gasteiger partial charge in [-0.2, -0.15) is 0 Å². The molecule has 0 spiro atoms. The number of halogens is 1. The van der Waals surface area contributed by atoms with Crippen LogP contribution >= 0.6 is 15.9 Å². The molecule has 0 radical (unpaired) electrons. The van der Waals surface area contributed by atoms with Gasteiger partial charge in [-0.25, -0.2) is 4.79 Å². The Labute approximate surface area is 141 Å². The van der Waals surface area contributed by atoms with Crippen LogP contribution in [0.4, 0.5) is 0 Å². The Morgan fingerprint density at radius 3 is 2.70 bits per heavy atom. The molecule has 5 nitrogen and oxygen atoms in total. The molecular weight excluding hydrogens is 362 g/mol. The van der Waals surface area contributed by atoms with E-state index < -0.39 is 11.9 Å². The summed E-state index contributed by atoms with van der Waals surface area (Å²) in [5, 5.41) is 2.54. The Balaban J connectivity index is 2.24. The minimum absolute atomic E-state index is 0.0254. The molecule has 1 amide bonds. The number of rotatable bonds is 6. The number of nitrogens with one attached hydrogen (secondary N) is 1. The fourth-order valence-corrected chi connectivity index (χ4v) is 2.17. The monoisotopic (exact) mass is 375 g/mol. The summed E-state index contributed by atoms with van der Waals surface area (Å²) < 4.78 is 10.8. The van der Waals surface area contributed by atoms with Crippen molar-refractivity contribution in [2.75, 3.05) is 6.61 Å². The first kappa shape index (κ1) is 16.8. The van der Waals surface area contributed by atoms with Gasteiger partial charge in [0.2, 0.25) is 0 Å². The summed E-state index contributed by atoms with van der Waals surface area (Å²) in [7, 11) is 0. The van der Waals surface area contributed by atoms with E-state index in [1.165, 1.54) is 18.4 Å². The Kier molecular flexibility index (Phi) is 5.94. The largest absolute Gasteiger partial charge is 0.465 e. The first-order valence-corrected chi connectivity index (χ1v) is 7.50. The molecule has 0 aliphatic heterocycles. The summed E-state index contributed by atoms with van der Waals surface area (Å²) in [6.07, 6.45) is 4.31. The van der Waals surface area contributed by atoms with Gasteiger partial charge in [0.25, 0.3) is 5.91 Å². The smallest absolute Gasteiger partial charge is 0.355 e. The zero-order valence-corrected chi connectivity index (χ0v) is 13.7. The number of furan rings is 1.